The summed E-state index contributed by atoms with van der Waals surface area (Å²) in [6, 6.07) is 8.45. The van der Waals surface area contributed by atoms with Gasteiger partial charge in [-0.25, -0.2) is 9.97 Å². The van der Waals surface area contributed by atoms with Gasteiger partial charge < -0.3 is 9.67 Å². The van der Waals surface area contributed by atoms with Crippen molar-refractivity contribution >= 4 is 11.3 Å². The van der Waals surface area contributed by atoms with Gasteiger partial charge in [0.05, 0.1) is 10.7 Å². The normalized spacial score (nSPS) is 12.7. The number of hydrogen-bond acceptors (Lipinski definition) is 4. The number of aliphatic hydroxyl groups is 1. The summed E-state index contributed by atoms with van der Waals surface area (Å²) < 4.78 is 1.98. The molecule has 3 aromatic rings. The Balaban J connectivity index is 1.73. The molecule has 0 fully saturated rings. The monoisotopic (exact) mass is 341 g/mol. The SMILES string of the molecule is CC(C)Cc1nc(-c2ccc(Cn3ccnc3C(C)O)cc2)cs1. The lowest BCUT2D eigenvalue weighted by molar-refractivity contribution is 0.184. The van der Waals surface area contributed by atoms with Crippen molar-refractivity contribution in [3.8, 4) is 11.3 Å². The molecular formula is C19H23N3OS. The first kappa shape index (κ1) is 16.9. The first-order valence-corrected chi connectivity index (χ1v) is 9.13. The van der Waals surface area contributed by atoms with E-state index in [1.807, 2.05) is 10.8 Å². The lowest BCUT2D eigenvalue weighted by Gasteiger charge is -2.10. The molecule has 0 amide bonds. The Morgan fingerprint density at radius 1 is 1.17 bits per heavy atom. The third-order valence-electron chi connectivity index (χ3n) is 3.86. The van der Waals surface area contributed by atoms with E-state index in [-0.39, 0.29) is 0 Å². The summed E-state index contributed by atoms with van der Waals surface area (Å²) in [5.74, 6) is 1.32. The van der Waals surface area contributed by atoms with Gasteiger partial charge in [-0.05, 0) is 18.4 Å². The van der Waals surface area contributed by atoms with Gasteiger partial charge in [0.2, 0.25) is 0 Å². The van der Waals surface area contributed by atoms with E-state index in [1.165, 1.54) is 10.6 Å². The minimum atomic E-state index is -0.561. The van der Waals surface area contributed by atoms with Crippen molar-refractivity contribution in [2.75, 3.05) is 0 Å². The largest absolute Gasteiger partial charge is 0.385 e. The van der Waals surface area contributed by atoms with Crippen LogP contribution < -0.4 is 0 Å². The fourth-order valence-electron chi connectivity index (χ4n) is 2.69. The van der Waals surface area contributed by atoms with E-state index in [4.69, 9.17) is 4.98 Å². The molecule has 0 aliphatic rings. The number of benzene rings is 1. The predicted molar refractivity (Wildman–Crippen MR) is 98.1 cm³/mol. The number of aliphatic hydroxyl groups excluding tert-OH is 1. The Labute approximate surface area is 146 Å². The topological polar surface area (TPSA) is 50.9 Å². The Kier molecular flexibility index (Phi) is 5.11. The van der Waals surface area contributed by atoms with Crippen LogP contribution in [0.25, 0.3) is 11.3 Å². The maximum Gasteiger partial charge on any atom is 0.137 e. The molecule has 4 nitrogen and oxygen atoms in total. The molecular weight excluding hydrogens is 318 g/mol. The molecule has 0 saturated carbocycles. The van der Waals surface area contributed by atoms with E-state index in [1.54, 1.807) is 24.5 Å². The van der Waals surface area contributed by atoms with Crippen LogP contribution in [0.3, 0.4) is 0 Å². The molecule has 2 heterocycles. The number of nitrogens with zero attached hydrogens (tertiary/aromatic N) is 3. The van der Waals surface area contributed by atoms with Gasteiger partial charge in [0.15, 0.2) is 0 Å². The fraction of sp³-hybridized carbons (Fsp3) is 0.368. The van der Waals surface area contributed by atoms with Gasteiger partial charge >= 0.3 is 0 Å². The van der Waals surface area contributed by atoms with Crippen molar-refractivity contribution in [2.45, 2.75) is 39.8 Å². The van der Waals surface area contributed by atoms with Crippen LogP contribution >= 0.6 is 11.3 Å². The third kappa shape index (κ3) is 3.91. The van der Waals surface area contributed by atoms with Crippen LogP contribution in [0.1, 0.15) is 43.3 Å². The molecule has 5 heteroatoms. The van der Waals surface area contributed by atoms with E-state index in [9.17, 15) is 5.11 Å². The van der Waals surface area contributed by atoms with Gasteiger partial charge in [-0.1, -0.05) is 38.1 Å². The Hall–Kier alpha value is -1.98. The average molecular weight is 341 g/mol. The zero-order valence-electron chi connectivity index (χ0n) is 14.3. The molecule has 1 aromatic carbocycles. The number of aromatic nitrogens is 3. The van der Waals surface area contributed by atoms with Crippen LogP contribution in [-0.2, 0) is 13.0 Å². The fourth-order valence-corrected chi connectivity index (χ4v) is 3.70. The summed E-state index contributed by atoms with van der Waals surface area (Å²) in [6.45, 7) is 6.87. The molecule has 1 N–H and O–H groups in total. The summed E-state index contributed by atoms with van der Waals surface area (Å²) in [4.78, 5) is 8.94. The smallest absolute Gasteiger partial charge is 0.137 e. The molecule has 1 atom stereocenters. The molecule has 0 bridgehead atoms. The lowest BCUT2D eigenvalue weighted by atomic mass is 10.1. The maximum absolute atomic E-state index is 9.74. The van der Waals surface area contributed by atoms with Gasteiger partial charge in [0, 0.05) is 36.3 Å². The van der Waals surface area contributed by atoms with Crippen LogP contribution in [0.5, 0.6) is 0 Å². The van der Waals surface area contributed by atoms with E-state index >= 15 is 0 Å². The number of hydrogen-bond donors (Lipinski definition) is 1. The highest BCUT2D eigenvalue weighted by atomic mass is 32.1. The molecule has 0 aliphatic carbocycles. The summed E-state index contributed by atoms with van der Waals surface area (Å²) in [7, 11) is 0. The van der Waals surface area contributed by atoms with Crippen LogP contribution in [0.15, 0.2) is 42.0 Å². The molecule has 0 radical (unpaired) electrons. The minimum Gasteiger partial charge on any atom is -0.385 e. The standard InChI is InChI=1S/C19H23N3OS/c1-13(2)10-18-21-17(12-24-18)16-6-4-15(5-7-16)11-22-9-8-20-19(22)14(3)23/h4-9,12-14,23H,10-11H2,1-3H3. The third-order valence-corrected chi connectivity index (χ3v) is 4.73. The second-order valence-corrected chi connectivity index (χ2v) is 7.45. The second kappa shape index (κ2) is 7.28. The van der Waals surface area contributed by atoms with Crippen molar-refractivity contribution in [3.05, 3.63) is 58.4 Å². The minimum absolute atomic E-state index is 0.561. The average Bonchev–Trinajstić information content (AvgIpc) is 3.17. The van der Waals surface area contributed by atoms with Gasteiger partial charge in [0.1, 0.15) is 11.9 Å². The number of rotatable bonds is 6. The first-order valence-electron chi connectivity index (χ1n) is 8.25. The molecule has 1 unspecified atom stereocenters. The zero-order chi connectivity index (χ0) is 17.1. The van der Waals surface area contributed by atoms with Crippen molar-refractivity contribution in [3.63, 3.8) is 0 Å². The van der Waals surface area contributed by atoms with Crippen molar-refractivity contribution < 1.29 is 5.11 Å². The highest BCUT2D eigenvalue weighted by molar-refractivity contribution is 7.09. The Bertz CT molecular complexity index is 787. The lowest BCUT2D eigenvalue weighted by Crippen LogP contribution is -2.07. The van der Waals surface area contributed by atoms with E-state index in [2.05, 4.69) is 48.5 Å². The van der Waals surface area contributed by atoms with Gasteiger partial charge in [-0.15, -0.1) is 11.3 Å². The number of thiazole rings is 1. The molecule has 0 spiro atoms. The first-order chi connectivity index (χ1) is 11.5. The van der Waals surface area contributed by atoms with E-state index < -0.39 is 6.10 Å². The second-order valence-electron chi connectivity index (χ2n) is 6.51. The van der Waals surface area contributed by atoms with Crippen LogP contribution in [0, 0.1) is 5.92 Å². The van der Waals surface area contributed by atoms with Crippen molar-refractivity contribution in [1.82, 2.24) is 14.5 Å². The Morgan fingerprint density at radius 2 is 1.92 bits per heavy atom. The summed E-state index contributed by atoms with van der Waals surface area (Å²) in [5.41, 5.74) is 3.37. The van der Waals surface area contributed by atoms with E-state index in [0.29, 0.717) is 18.3 Å². The van der Waals surface area contributed by atoms with Gasteiger partial charge in [-0.3, -0.25) is 0 Å². The molecule has 0 saturated heterocycles. The van der Waals surface area contributed by atoms with Gasteiger partial charge in [0.25, 0.3) is 0 Å². The summed E-state index contributed by atoms with van der Waals surface area (Å²) in [5, 5.41) is 13.1. The quantitative estimate of drug-likeness (QED) is 0.727. The Morgan fingerprint density at radius 3 is 2.58 bits per heavy atom. The van der Waals surface area contributed by atoms with Crippen molar-refractivity contribution in [1.29, 1.82) is 0 Å². The van der Waals surface area contributed by atoms with E-state index in [0.717, 1.165) is 17.7 Å². The molecule has 0 aliphatic heterocycles. The van der Waals surface area contributed by atoms with Crippen molar-refractivity contribution in [2.24, 2.45) is 5.92 Å². The van der Waals surface area contributed by atoms with Crippen LogP contribution in [0.2, 0.25) is 0 Å². The highest BCUT2D eigenvalue weighted by Crippen LogP contribution is 2.24. The van der Waals surface area contributed by atoms with Crippen LogP contribution in [-0.4, -0.2) is 19.6 Å². The molecule has 24 heavy (non-hydrogen) atoms. The molecule has 2 aromatic heterocycles. The molecule has 3 rings (SSSR count). The molecule has 126 valence electrons. The summed E-state index contributed by atoms with van der Waals surface area (Å²) >= 11 is 1.73. The summed E-state index contributed by atoms with van der Waals surface area (Å²) in [6.07, 6.45) is 4.09. The highest BCUT2D eigenvalue weighted by Gasteiger charge is 2.10. The predicted octanol–water partition coefficient (Wildman–Crippen LogP) is 4.31. The number of imidazole rings is 1. The van der Waals surface area contributed by atoms with Crippen LogP contribution in [0.4, 0.5) is 0 Å². The van der Waals surface area contributed by atoms with Gasteiger partial charge in [-0.2, -0.15) is 0 Å². The maximum atomic E-state index is 9.74. The zero-order valence-corrected chi connectivity index (χ0v) is 15.1.